The van der Waals surface area contributed by atoms with Crippen molar-refractivity contribution in [1.29, 1.82) is 5.26 Å². The summed E-state index contributed by atoms with van der Waals surface area (Å²) in [5.41, 5.74) is 1.37. The van der Waals surface area contributed by atoms with E-state index in [9.17, 15) is 5.26 Å². The molecule has 0 aliphatic rings. The summed E-state index contributed by atoms with van der Waals surface area (Å²) in [6.07, 6.45) is 4.89. The summed E-state index contributed by atoms with van der Waals surface area (Å²) in [6.45, 7) is 2.80. The second-order valence-electron chi connectivity index (χ2n) is 4.33. The number of unbranched alkanes of at least 4 members (excludes halogenated alkanes) is 2. The Balaban J connectivity index is 2.37. The maximum Gasteiger partial charge on any atom is 0.148 e. The number of aromatic nitrogens is 1. The smallest absolute Gasteiger partial charge is 0.148 e. The van der Waals surface area contributed by atoms with Crippen molar-refractivity contribution in [3.05, 3.63) is 33.5 Å². The number of nitrogens with zero attached hydrogens (tertiary/aromatic N) is 2. The molecule has 1 aromatic heterocycles. The third-order valence-electron chi connectivity index (χ3n) is 2.90. The normalized spacial score (nSPS) is 10.4. The highest BCUT2D eigenvalue weighted by molar-refractivity contribution is 14.1. The minimum absolute atomic E-state index is 0.506. The van der Waals surface area contributed by atoms with Crippen LogP contribution in [0.4, 0.5) is 0 Å². The molecule has 1 aromatic carbocycles. The monoisotopic (exact) mass is 366 g/mol. The van der Waals surface area contributed by atoms with Crippen LogP contribution in [-0.4, -0.2) is 11.6 Å². The molecule has 2 rings (SSSR count). The first-order valence-corrected chi connectivity index (χ1v) is 7.45. The molecular weight excluding hydrogens is 351 g/mol. The number of pyridine rings is 1. The fraction of sp³-hybridized carbons (Fsp3) is 0.333. The van der Waals surface area contributed by atoms with Crippen molar-refractivity contribution in [1.82, 2.24) is 4.98 Å². The van der Waals surface area contributed by atoms with Gasteiger partial charge in [0.2, 0.25) is 0 Å². The minimum atomic E-state index is 0.506. The summed E-state index contributed by atoms with van der Waals surface area (Å²) in [7, 11) is 0. The first-order valence-electron chi connectivity index (χ1n) is 6.37. The van der Waals surface area contributed by atoms with Crippen LogP contribution in [0.5, 0.6) is 5.75 Å². The highest BCUT2D eigenvalue weighted by Gasteiger charge is 2.10. The van der Waals surface area contributed by atoms with E-state index in [0.717, 1.165) is 33.7 Å². The Morgan fingerprint density at radius 3 is 2.95 bits per heavy atom. The highest BCUT2D eigenvalue weighted by Crippen LogP contribution is 2.29. The topological polar surface area (TPSA) is 45.9 Å². The van der Waals surface area contributed by atoms with Gasteiger partial charge in [-0.2, -0.15) is 5.26 Å². The number of ether oxygens (including phenoxy) is 1. The molecular formula is C15H15IN2O. The van der Waals surface area contributed by atoms with Crippen molar-refractivity contribution >= 4 is 33.5 Å². The fourth-order valence-corrected chi connectivity index (χ4v) is 2.39. The first kappa shape index (κ1) is 14.1. The van der Waals surface area contributed by atoms with E-state index in [2.05, 4.69) is 40.6 Å². The molecule has 0 saturated heterocycles. The van der Waals surface area contributed by atoms with Gasteiger partial charge in [-0.05, 0) is 47.2 Å². The minimum Gasteiger partial charge on any atom is -0.491 e. The lowest BCUT2D eigenvalue weighted by Gasteiger charge is -2.10. The Bertz CT molecular complexity index is 619. The predicted molar refractivity (Wildman–Crippen MR) is 84.2 cm³/mol. The third kappa shape index (κ3) is 3.35. The largest absolute Gasteiger partial charge is 0.491 e. The Kier molecular flexibility index (Phi) is 4.97. The van der Waals surface area contributed by atoms with Gasteiger partial charge in [-0.1, -0.05) is 19.8 Å². The molecule has 0 unspecified atom stereocenters. The molecule has 4 heteroatoms. The molecule has 0 aliphatic carbocycles. The maximum atomic E-state index is 9.18. The average Bonchev–Trinajstić information content (AvgIpc) is 2.43. The van der Waals surface area contributed by atoms with E-state index >= 15 is 0 Å². The summed E-state index contributed by atoms with van der Waals surface area (Å²) in [6, 6.07) is 8.13. The predicted octanol–water partition coefficient (Wildman–Crippen LogP) is 4.28. The first-order chi connectivity index (χ1) is 9.26. The van der Waals surface area contributed by atoms with Crippen molar-refractivity contribution in [2.24, 2.45) is 0 Å². The number of rotatable bonds is 5. The molecule has 0 saturated carbocycles. The van der Waals surface area contributed by atoms with Crippen LogP contribution in [0.3, 0.4) is 0 Å². The maximum absolute atomic E-state index is 9.18. The van der Waals surface area contributed by atoms with E-state index in [1.165, 1.54) is 0 Å². The Morgan fingerprint density at radius 2 is 2.21 bits per heavy atom. The number of benzene rings is 1. The quantitative estimate of drug-likeness (QED) is 0.586. The van der Waals surface area contributed by atoms with Crippen molar-refractivity contribution in [2.45, 2.75) is 26.2 Å². The van der Waals surface area contributed by atoms with E-state index in [1.54, 1.807) is 6.20 Å². The van der Waals surface area contributed by atoms with Gasteiger partial charge < -0.3 is 4.74 Å². The summed E-state index contributed by atoms with van der Waals surface area (Å²) >= 11 is 2.25. The van der Waals surface area contributed by atoms with E-state index in [1.807, 2.05) is 18.2 Å². The molecule has 0 radical (unpaired) electrons. The lowest BCUT2D eigenvalue weighted by molar-refractivity contribution is 0.309. The van der Waals surface area contributed by atoms with Gasteiger partial charge in [0.05, 0.1) is 12.1 Å². The summed E-state index contributed by atoms with van der Waals surface area (Å²) in [5.74, 6) is 0.669. The molecule has 98 valence electrons. The van der Waals surface area contributed by atoms with Gasteiger partial charge in [0, 0.05) is 15.2 Å². The second-order valence-corrected chi connectivity index (χ2v) is 5.58. The Labute approximate surface area is 126 Å². The zero-order valence-electron chi connectivity index (χ0n) is 10.8. The summed E-state index contributed by atoms with van der Waals surface area (Å²) in [5, 5.41) is 10.1. The molecule has 0 fully saturated rings. The fourth-order valence-electron chi connectivity index (χ4n) is 1.90. The number of fused-ring (bicyclic) bond motifs is 1. The molecule has 2 aromatic rings. The number of nitriles is 1. The van der Waals surface area contributed by atoms with Gasteiger partial charge in [0.25, 0.3) is 0 Å². The standard InChI is InChI=1S/C15H15IN2O/c1-2-3-4-7-19-15-11(9-17)10-18-14-6-5-12(16)8-13(14)15/h5-6,8,10H,2-4,7H2,1H3. The highest BCUT2D eigenvalue weighted by atomic mass is 127. The Morgan fingerprint density at radius 1 is 1.37 bits per heavy atom. The van der Waals surface area contributed by atoms with Gasteiger partial charge in [0.15, 0.2) is 0 Å². The van der Waals surface area contributed by atoms with Crippen molar-refractivity contribution < 1.29 is 4.74 Å². The van der Waals surface area contributed by atoms with Crippen LogP contribution < -0.4 is 4.74 Å². The molecule has 0 atom stereocenters. The molecule has 0 bridgehead atoms. The van der Waals surface area contributed by atoms with Crippen LogP contribution in [-0.2, 0) is 0 Å². The van der Waals surface area contributed by atoms with Crippen molar-refractivity contribution in [3.63, 3.8) is 0 Å². The summed E-state index contributed by atoms with van der Waals surface area (Å²) < 4.78 is 6.94. The van der Waals surface area contributed by atoms with Crippen LogP contribution in [0.2, 0.25) is 0 Å². The molecule has 0 aliphatic heterocycles. The van der Waals surface area contributed by atoms with E-state index in [4.69, 9.17) is 4.74 Å². The Hall–Kier alpha value is -1.35. The van der Waals surface area contributed by atoms with Gasteiger partial charge >= 0.3 is 0 Å². The summed E-state index contributed by atoms with van der Waals surface area (Å²) in [4.78, 5) is 4.29. The van der Waals surface area contributed by atoms with Crippen LogP contribution in [0, 0.1) is 14.9 Å². The SMILES string of the molecule is CCCCCOc1c(C#N)cnc2ccc(I)cc12. The number of halogens is 1. The molecule has 0 spiro atoms. The molecule has 19 heavy (non-hydrogen) atoms. The zero-order valence-corrected chi connectivity index (χ0v) is 13.0. The number of hydrogen-bond donors (Lipinski definition) is 0. The molecule has 3 nitrogen and oxygen atoms in total. The van der Waals surface area contributed by atoms with Gasteiger partial charge in [-0.25, -0.2) is 0 Å². The van der Waals surface area contributed by atoms with Gasteiger partial charge in [0.1, 0.15) is 17.4 Å². The number of hydrogen-bond acceptors (Lipinski definition) is 3. The second kappa shape index (κ2) is 6.71. The molecule has 1 heterocycles. The third-order valence-corrected chi connectivity index (χ3v) is 3.57. The molecule has 0 N–H and O–H groups in total. The van der Waals surface area contributed by atoms with Gasteiger partial charge in [-0.15, -0.1) is 0 Å². The van der Waals surface area contributed by atoms with Crippen LogP contribution in [0.15, 0.2) is 24.4 Å². The lowest BCUT2D eigenvalue weighted by atomic mass is 10.1. The molecule has 0 amide bonds. The van der Waals surface area contributed by atoms with Gasteiger partial charge in [-0.3, -0.25) is 4.98 Å². The lowest BCUT2D eigenvalue weighted by Crippen LogP contribution is -2.00. The van der Waals surface area contributed by atoms with E-state index < -0.39 is 0 Å². The van der Waals surface area contributed by atoms with E-state index in [-0.39, 0.29) is 0 Å². The van der Waals surface area contributed by atoms with Crippen LogP contribution >= 0.6 is 22.6 Å². The zero-order chi connectivity index (χ0) is 13.7. The van der Waals surface area contributed by atoms with Crippen LogP contribution in [0.1, 0.15) is 31.7 Å². The van der Waals surface area contributed by atoms with Crippen molar-refractivity contribution in [2.75, 3.05) is 6.61 Å². The average molecular weight is 366 g/mol. The van der Waals surface area contributed by atoms with E-state index in [0.29, 0.717) is 17.9 Å². The van der Waals surface area contributed by atoms with Crippen molar-refractivity contribution in [3.8, 4) is 11.8 Å². The van der Waals surface area contributed by atoms with Crippen LogP contribution in [0.25, 0.3) is 10.9 Å².